The van der Waals surface area contributed by atoms with Crippen LogP contribution in [0.5, 0.6) is 0 Å². The van der Waals surface area contributed by atoms with E-state index < -0.39 is 97.5 Å². The lowest BCUT2D eigenvalue weighted by Gasteiger charge is -2.21. The van der Waals surface area contributed by atoms with E-state index >= 15 is 0 Å². The van der Waals surface area contributed by atoms with E-state index in [0.717, 1.165) is 135 Å². The third-order valence-corrected chi connectivity index (χ3v) is 19.0. The van der Waals surface area contributed by atoms with E-state index in [9.17, 15) is 43.2 Å². The Morgan fingerprint density at radius 2 is 0.479 bits per heavy atom. The Kier molecular flexibility index (Phi) is 68.7. The molecule has 0 heterocycles. The molecule has 0 fully saturated rings. The van der Waals surface area contributed by atoms with Crippen LogP contribution in [-0.4, -0.2) is 96.7 Å². The van der Waals surface area contributed by atoms with Crippen LogP contribution < -0.4 is 0 Å². The predicted octanol–water partition coefficient (Wildman–Crippen LogP) is 22.3. The molecule has 0 rings (SSSR count). The monoisotopic (exact) mass is 1400 g/mol. The van der Waals surface area contributed by atoms with Gasteiger partial charge in [0.1, 0.15) is 19.3 Å². The SMILES string of the molecule is CCCCCC/C=C\CCCCCCCC(=O)OC[C@H](COP(=O)(O)OC[C@@H](O)COP(=O)(O)OC[C@@H](COC(=O)CCCCCCCCCCCCCCCCC)OC(=O)CCCCCCC/C=C\CCCCCCCC)OC(=O)CCCCCCC/C=C\CCCCCC. The quantitative estimate of drug-likeness (QED) is 0.0169. The first-order valence-electron chi connectivity index (χ1n) is 39.2. The van der Waals surface area contributed by atoms with Crippen LogP contribution in [-0.2, 0) is 65.4 Å². The molecule has 3 N–H and O–H groups in total. The van der Waals surface area contributed by atoms with E-state index in [1.54, 1.807) is 0 Å². The number of rotatable bonds is 75. The highest BCUT2D eigenvalue weighted by Gasteiger charge is 2.30. The number of hydrogen-bond acceptors (Lipinski definition) is 15. The Morgan fingerprint density at radius 3 is 0.729 bits per heavy atom. The van der Waals surface area contributed by atoms with Crippen LogP contribution in [0.15, 0.2) is 36.5 Å². The van der Waals surface area contributed by atoms with Gasteiger partial charge in [0, 0.05) is 25.7 Å². The van der Waals surface area contributed by atoms with Gasteiger partial charge < -0.3 is 33.8 Å². The Labute approximate surface area is 585 Å². The molecule has 2 unspecified atom stereocenters. The summed E-state index contributed by atoms with van der Waals surface area (Å²) >= 11 is 0. The first-order chi connectivity index (χ1) is 46.7. The largest absolute Gasteiger partial charge is 0.472 e. The fourth-order valence-corrected chi connectivity index (χ4v) is 12.6. The maximum Gasteiger partial charge on any atom is 0.472 e. The lowest BCUT2D eigenvalue weighted by atomic mass is 10.0. The van der Waals surface area contributed by atoms with E-state index in [2.05, 4.69) is 64.2 Å². The molecule has 17 nitrogen and oxygen atoms in total. The molecule has 0 aromatic heterocycles. The number of phosphoric acid groups is 2. The van der Waals surface area contributed by atoms with Crippen molar-refractivity contribution in [3.05, 3.63) is 36.5 Å². The van der Waals surface area contributed by atoms with Gasteiger partial charge in [-0.3, -0.25) is 37.3 Å². The van der Waals surface area contributed by atoms with Crippen molar-refractivity contribution in [2.75, 3.05) is 39.6 Å². The number of phosphoric ester groups is 2. The molecule has 0 radical (unpaired) electrons. The summed E-state index contributed by atoms with van der Waals surface area (Å²) in [6.07, 6.45) is 65.5. The van der Waals surface area contributed by atoms with Crippen LogP contribution in [0.4, 0.5) is 0 Å². The second kappa shape index (κ2) is 70.7. The van der Waals surface area contributed by atoms with Crippen molar-refractivity contribution >= 4 is 39.5 Å². The molecule has 0 spiro atoms. The predicted molar refractivity (Wildman–Crippen MR) is 391 cm³/mol. The maximum atomic E-state index is 13.1. The molecular formula is C77H144O17P2. The summed E-state index contributed by atoms with van der Waals surface area (Å²) in [5, 5.41) is 10.6. The molecule has 0 amide bonds. The molecular weight excluding hydrogens is 1260 g/mol. The smallest absolute Gasteiger partial charge is 0.462 e. The zero-order chi connectivity index (χ0) is 70.4. The standard InChI is InChI=1S/C77H144O17P2/c1-5-9-13-17-21-25-29-33-35-39-42-46-50-54-58-62-75(80)88-68-73(94-77(82)64-60-56-52-48-44-40-36-34-30-26-22-18-14-10-6-2)70-92-96(85,86)90-66-71(78)65-89-95(83,84)91-69-72(93-76(81)63-59-55-51-47-43-38-32-28-24-20-16-12-8-4)67-87-74(79)61-57-53-49-45-41-37-31-27-23-19-15-11-7-3/h27-28,31-32,34,36,71-73,78H,5-26,29-30,33,35,37-70H2,1-4H3,(H,83,84)(H,85,86)/b31-27-,32-28-,36-34-/t71-,72-,73-/m1/s1. The number of hydrogen-bond donors (Lipinski definition) is 3. The molecule has 5 atom stereocenters. The average molecular weight is 1400 g/mol. The summed E-state index contributed by atoms with van der Waals surface area (Å²) in [5.74, 6) is -2.16. The van der Waals surface area contributed by atoms with Crippen molar-refractivity contribution < 1.29 is 80.2 Å². The van der Waals surface area contributed by atoms with Crippen molar-refractivity contribution in [3.8, 4) is 0 Å². The molecule has 0 aliphatic carbocycles. The zero-order valence-corrected chi connectivity index (χ0v) is 63.4. The molecule has 0 aromatic rings. The lowest BCUT2D eigenvalue weighted by molar-refractivity contribution is -0.161. The molecule has 19 heteroatoms. The molecule has 0 saturated carbocycles. The van der Waals surface area contributed by atoms with Crippen molar-refractivity contribution in [1.29, 1.82) is 0 Å². The van der Waals surface area contributed by atoms with Crippen molar-refractivity contribution in [2.24, 2.45) is 0 Å². The normalized spacial score (nSPS) is 14.1. The minimum atomic E-state index is -4.97. The maximum absolute atomic E-state index is 13.1. The van der Waals surface area contributed by atoms with Crippen LogP contribution in [0.2, 0.25) is 0 Å². The van der Waals surface area contributed by atoms with Gasteiger partial charge in [0.25, 0.3) is 0 Å². The Hall–Kier alpha value is -2.72. The molecule has 0 aliphatic rings. The third kappa shape index (κ3) is 69.7. The van der Waals surface area contributed by atoms with Crippen molar-refractivity contribution in [3.63, 3.8) is 0 Å². The van der Waals surface area contributed by atoms with Gasteiger partial charge in [-0.05, 0) is 103 Å². The second-order valence-corrected chi connectivity index (χ2v) is 29.6. The van der Waals surface area contributed by atoms with E-state index in [-0.39, 0.29) is 25.7 Å². The summed E-state index contributed by atoms with van der Waals surface area (Å²) in [6.45, 7) is 4.89. The molecule has 0 aromatic carbocycles. The highest BCUT2D eigenvalue weighted by Crippen LogP contribution is 2.45. The zero-order valence-electron chi connectivity index (χ0n) is 61.6. The highest BCUT2D eigenvalue weighted by molar-refractivity contribution is 7.47. The number of aliphatic hydroxyl groups is 1. The lowest BCUT2D eigenvalue weighted by Crippen LogP contribution is -2.30. The number of unbranched alkanes of at least 4 members (excludes halogenated alkanes) is 43. The molecule has 0 aliphatic heterocycles. The van der Waals surface area contributed by atoms with E-state index in [4.69, 9.17) is 37.0 Å². The van der Waals surface area contributed by atoms with E-state index in [1.165, 1.54) is 161 Å². The number of allylic oxidation sites excluding steroid dienone is 6. The summed E-state index contributed by atoms with van der Waals surface area (Å²) in [6, 6.07) is 0. The van der Waals surface area contributed by atoms with E-state index in [0.29, 0.717) is 25.7 Å². The average Bonchev–Trinajstić information content (AvgIpc) is 1.17. The Balaban J connectivity index is 5.31. The van der Waals surface area contributed by atoms with Gasteiger partial charge >= 0.3 is 39.5 Å². The van der Waals surface area contributed by atoms with Gasteiger partial charge in [0.05, 0.1) is 26.4 Å². The van der Waals surface area contributed by atoms with Gasteiger partial charge in [-0.15, -0.1) is 0 Å². The Bertz CT molecular complexity index is 1970. The third-order valence-electron chi connectivity index (χ3n) is 17.1. The van der Waals surface area contributed by atoms with Gasteiger partial charge in [-0.1, -0.05) is 282 Å². The van der Waals surface area contributed by atoms with Crippen LogP contribution >= 0.6 is 15.6 Å². The molecule has 96 heavy (non-hydrogen) atoms. The van der Waals surface area contributed by atoms with E-state index in [1.807, 2.05) is 0 Å². The van der Waals surface area contributed by atoms with Gasteiger partial charge in [-0.25, -0.2) is 9.13 Å². The minimum Gasteiger partial charge on any atom is -0.462 e. The number of ether oxygens (including phenoxy) is 4. The fraction of sp³-hybridized carbons (Fsp3) is 0.870. The highest BCUT2D eigenvalue weighted by atomic mass is 31.2. The topological polar surface area (TPSA) is 237 Å². The van der Waals surface area contributed by atoms with Crippen LogP contribution in [0, 0.1) is 0 Å². The van der Waals surface area contributed by atoms with Crippen molar-refractivity contribution in [1.82, 2.24) is 0 Å². The van der Waals surface area contributed by atoms with Crippen molar-refractivity contribution in [2.45, 2.75) is 393 Å². The minimum absolute atomic E-state index is 0.0891. The first kappa shape index (κ1) is 93.3. The number of carbonyl (C=O) groups excluding carboxylic acids is 4. The second-order valence-electron chi connectivity index (χ2n) is 26.7. The van der Waals surface area contributed by atoms with Gasteiger partial charge in [-0.2, -0.15) is 0 Å². The molecule has 0 bridgehead atoms. The first-order valence-corrected chi connectivity index (χ1v) is 42.2. The van der Waals surface area contributed by atoms with Crippen LogP contribution in [0.3, 0.4) is 0 Å². The summed E-state index contributed by atoms with van der Waals surface area (Å²) in [4.78, 5) is 72.8. The van der Waals surface area contributed by atoms with Gasteiger partial charge in [0.2, 0.25) is 0 Å². The van der Waals surface area contributed by atoms with Gasteiger partial charge in [0.15, 0.2) is 12.2 Å². The summed E-state index contributed by atoms with van der Waals surface area (Å²) in [5.41, 5.74) is 0. The van der Waals surface area contributed by atoms with Crippen LogP contribution in [0.1, 0.15) is 374 Å². The Morgan fingerprint density at radius 1 is 0.281 bits per heavy atom. The summed E-state index contributed by atoms with van der Waals surface area (Å²) in [7, 11) is -9.93. The summed E-state index contributed by atoms with van der Waals surface area (Å²) < 4.78 is 68.5. The fourth-order valence-electron chi connectivity index (χ4n) is 11.0. The number of carbonyl (C=O) groups is 4. The number of aliphatic hydroxyl groups excluding tert-OH is 1. The molecule has 0 saturated heterocycles. The van der Waals surface area contributed by atoms with Crippen LogP contribution in [0.25, 0.3) is 0 Å². The number of esters is 4. The molecule has 564 valence electrons.